The second-order valence-electron chi connectivity index (χ2n) is 6.61. The molecule has 25 heavy (non-hydrogen) atoms. The maximum Gasteiger partial charge on any atom is 0.246 e. The molecule has 2 N–H and O–H groups in total. The Hall–Kier alpha value is -2.14. The van der Waals surface area contributed by atoms with E-state index in [4.69, 9.17) is 14.2 Å². The zero-order valence-corrected chi connectivity index (χ0v) is 14.7. The van der Waals surface area contributed by atoms with E-state index in [0.29, 0.717) is 13.0 Å². The molecular weight excluding hydrogens is 322 g/mol. The molecule has 0 aromatic heterocycles. The molecule has 3 rings (SSSR count). The number of morpholine rings is 1. The van der Waals surface area contributed by atoms with Gasteiger partial charge < -0.3 is 24.8 Å². The van der Waals surface area contributed by atoms with E-state index < -0.39 is 11.7 Å². The first-order chi connectivity index (χ1) is 12.0. The second kappa shape index (κ2) is 7.00. The Balaban J connectivity index is 1.94. The minimum absolute atomic E-state index is 0.0680. The minimum atomic E-state index is -0.497. The van der Waals surface area contributed by atoms with Crippen LogP contribution in [0.3, 0.4) is 0 Å². The van der Waals surface area contributed by atoms with Gasteiger partial charge in [-0.25, -0.2) is 0 Å². The van der Waals surface area contributed by atoms with Crippen LogP contribution in [0.4, 0.5) is 0 Å². The van der Waals surface area contributed by atoms with Crippen molar-refractivity contribution in [1.29, 1.82) is 5.26 Å². The van der Waals surface area contributed by atoms with Crippen molar-refractivity contribution in [3.63, 3.8) is 0 Å². The van der Waals surface area contributed by atoms with Crippen LogP contribution in [0.2, 0.25) is 0 Å². The highest BCUT2D eigenvalue weighted by atomic mass is 16.7. The predicted octanol–water partition coefficient (Wildman–Crippen LogP) is 0.762. The molecule has 0 radical (unpaired) electrons. The van der Waals surface area contributed by atoms with Crippen molar-refractivity contribution < 1.29 is 19.0 Å². The van der Waals surface area contributed by atoms with Crippen LogP contribution >= 0.6 is 0 Å². The van der Waals surface area contributed by atoms with E-state index >= 15 is 0 Å². The van der Waals surface area contributed by atoms with Gasteiger partial charge in [0.15, 0.2) is 6.29 Å². The number of nitrogens with zero attached hydrogens (tertiary/aromatic N) is 1. The molecule has 7 heteroatoms. The summed E-state index contributed by atoms with van der Waals surface area (Å²) >= 11 is 0. The Morgan fingerprint density at radius 3 is 2.80 bits per heavy atom. The predicted molar refractivity (Wildman–Crippen MR) is 90.1 cm³/mol. The van der Waals surface area contributed by atoms with E-state index in [-0.39, 0.29) is 24.7 Å². The highest BCUT2D eigenvalue weighted by Gasteiger charge is 2.45. The lowest BCUT2D eigenvalue weighted by atomic mass is 9.68. The molecule has 0 spiro atoms. The van der Waals surface area contributed by atoms with Gasteiger partial charge in [0.2, 0.25) is 5.91 Å². The average Bonchev–Trinajstić information content (AvgIpc) is 3.05. The first kappa shape index (κ1) is 17.7. The van der Waals surface area contributed by atoms with Crippen molar-refractivity contribution in [3.05, 3.63) is 35.1 Å². The van der Waals surface area contributed by atoms with Gasteiger partial charge in [-0.15, -0.1) is 0 Å². The monoisotopic (exact) mass is 345 g/mol. The third-order valence-electron chi connectivity index (χ3n) is 5.03. The summed E-state index contributed by atoms with van der Waals surface area (Å²) in [5.74, 6) is -0.0978. The van der Waals surface area contributed by atoms with E-state index in [1.807, 2.05) is 18.2 Å². The number of carbonyl (C=O) groups is 1. The molecule has 1 aliphatic carbocycles. The van der Waals surface area contributed by atoms with Gasteiger partial charge in [-0.05, 0) is 29.7 Å². The van der Waals surface area contributed by atoms with Crippen molar-refractivity contribution in [2.24, 2.45) is 5.41 Å². The molecular formula is C18H23N3O4. The molecule has 0 bridgehead atoms. The van der Waals surface area contributed by atoms with Gasteiger partial charge in [-0.1, -0.05) is 13.0 Å². The van der Waals surface area contributed by atoms with Crippen molar-refractivity contribution in [2.45, 2.75) is 31.8 Å². The van der Waals surface area contributed by atoms with E-state index in [1.165, 1.54) is 0 Å². The largest absolute Gasteiger partial charge is 0.367 e. The fourth-order valence-electron chi connectivity index (χ4n) is 3.78. The lowest BCUT2D eigenvalue weighted by Crippen LogP contribution is -2.46. The molecule has 134 valence electrons. The fraction of sp³-hybridized carbons (Fsp3) is 0.556. The summed E-state index contributed by atoms with van der Waals surface area (Å²) in [5, 5.41) is 15.3. The van der Waals surface area contributed by atoms with Gasteiger partial charge in [0.1, 0.15) is 12.6 Å². The van der Waals surface area contributed by atoms with Gasteiger partial charge in [0, 0.05) is 31.9 Å². The third kappa shape index (κ3) is 3.21. The number of allylic oxidation sites excluding steroid dienone is 3. The van der Waals surface area contributed by atoms with Gasteiger partial charge in [-0.2, -0.15) is 5.26 Å². The van der Waals surface area contributed by atoms with E-state index in [2.05, 4.69) is 23.6 Å². The molecule has 2 heterocycles. The number of ether oxygens (including phenoxy) is 3. The summed E-state index contributed by atoms with van der Waals surface area (Å²) in [5.41, 5.74) is 2.50. The smallest absolute Gasteiger partial charge is 0.246 e. The van der Waals surface area contributed by atoms with E-state index in [1.54, 1.807) is 14.2 Å². The number of amides is 1. The number of fused-ring (bicyclic) bond motifs is 1. The van der Waals surface area contributed by atoms with Crippen molar-refractivity contribution in [3.8, 4) is 6.07 Å². The van der Waals surface area contributed by atoms with Gasteiger partial charge in [-0.3, -0.25) is 4.79 Å². The topological polar surface area (TPSA) is 92.6 Å². The highest BCUT2D eigenvalue weighted by molar-refractivity contribution is 5.77. The number of carbonyl (C=O) groups excluding carboxylic acids is 1. The van der Waals surface area contributed by atoms with Crippen LogP contribution in [0.1, 0.15) is 13.3 Å². The third-order valence-corrected chi connectivity index (χ3v) is 5.03. The van der Waals surface area contributed by atoms with Crippen LogP contribution < -0.4 is 10.6 Å². The molecule has 0 aromatic rings. The number of hydrogen-bond donors (Lipinski definition) is 2. The molecule has 3 aliphatic rings. The Bertz CT molecular complexity index is 677. The van der Waals surface area contributed by atoms with Gasteiger partial charge in [0.25, 0.3) is 0 Å². The molecule has 2 aliphatic heterocycles. The van der Waals surface area contributed by atoms with Crippen molar-refractivity contribution in [1.82, 2.24) is 10.6 Å². The minimum Gasteiger partial charge on any atom is -0.367 e. The van der Waals surface area contributed by atoms with Crippen molar-refractivity contribution in [2.75, 3.05) is 27.4 Å². The van der Waals surface area contributed by atoms with Gasteiger partial charge >= 0.3 is 0 Å². The quantitative estimate of drug-likeness (QED) is 0.715. The number of nitriles is 1. The summed E-state index contributed by atoms with van der Waals surface area (Å²) in [6.07, 6.45) is 5.91. The normalized spacial score (nSPS) is 31.3. The first-order valence-corrected chi connectivity index (χ1v) is 8.27. The average molecular weight is 345 g/mol. The number of rotatable bonds is 5. The molecule has 1 amide bonds. The SMILES string of the molecule is COC(OC)C1=CC=C2NC(C#N)C=C2C1(C)CC1CNC(=O)CO1. The summed E-state index contributed by atoms with van der Waals surface area (Å²) < 4.78 is 16.7. The Morgan fingerprint density at radius 2 is 2.20 bits per heavy atom. The Kier molecular flexibility index (Phi) is 4.95. The number of nitrogens with one attached hydrogen (secondary N) is 2. The lowest BCUT2D eigenvalue weighted by molar-refractivity contribution is -0.134. The van der Waals surface area contributed by atoms with Crippen LogP contribution in [-0.2, 0) is 19.0 Å². The first-order valence-electron chi connectivity index (χ1n) is 8.27. The molecule has 1 saturated heterocycles. The zero-order chi connectivity index (χ0) is 18.0. The Morgan fingerprint density at radius 1 is 1.44 bits per heavy atom. The van der Waals surface area contributed by atoms with Crippen LogP contribution in [-0.4, -0.2) is 51.7 Å². The molecule has 1 fully saturated rings. The molecule has 7 nitrogen and oxygen atoms in total. The molecule has 3 unspecified atom stereocenters. The number of hydrogen-bond acceptors (Lipinski definition) is 6. The highest BCUT2D eigenvalue weighted by Crippen LogP contribution is 2.49. The van der Waals surface area contributed by atoms with Crippen LogP contribution in [0.15, 0.2) is 35.1 Å². The van der Waals surface area contributed by atoms with Crippen LogP contribution in [0.25, 0.3) is 0 Å². The fourth-order valence-corrected chi connectivity index (χ4v) is 3.78. The van der Waals surface area contributed by atoms with E-state index in [9.17, 15) is 10.1 Å². The second-order valence-corrected chi connectivity index (χ2v) is 6.61. The maximum atomic E-state index is 11.4. The number of methoxy groups -OCH3 is 2. The zero-order valence-electron chi connectivity index (χ0n) is 14.7. The molecule has 0 saturated carbocycles. The summed E-state index contributed by atoms with van der Waals surface area (Å²) in [6.45, 7) is 2.64. The maximum absolute atomic E-state index is 11.4. The van der Waals surface area contributed by atoms with Gasteiger partial charge in [0.05, 0.1) is 12.2 Å². The summed E-state index contributed by atoms with van der Waals surface area (Å²) in [6, 6.07) is 1.88. The van der Waals surface area contributed by atoms with Crippen LogP contribution in [0.5, 0.6) is 0 Å². The Labute approximate surface area is 147 Å². The lowest BCUT2D eigenvalue weighted by Gasteiger charge is -2.41. The van der Waals surface area contributed by atoms with Crippen LogP contribution in [0, 0.1) is 16.7 Å². The molecule has 0 aromatic carbocycles. The van der Waals surface area contributed by atoms with Crippen molar-refractivity contribution >= 4 is 5.91 Å². The standard InChI is InChI=1S/C18H23N3O4/c1-18(7-12-9-20-16(22)10-25-12)13(17(23-2)24-3)4-5-15-14(18)6-11(8-19)21-15/h4-6,11-12,17,21H,7,9-10H2,1-3H3,(H,20,22). The molecule has 3 atom stereocenters. The summed E-state index contributed by atoms with van der Waals surface area (Å²) in [4.78, 5) is 11.4. The van der Waals surface area contributed by atoms with E-state index in [0.717, 1.165) is 16.8 Å². The summed E-state index contributed by atoms with van der Waals surface area (Å²) in [7, 11) is 3.21.